The van der Waals surface area contributed by atoms with Crippen LogP contribution >= 0.6 is 0 Å². The lowest BCUT2D eigenvalue weighted by atomic mass is 10.0. The van der Waals surface area contributed by atoms with Gasteiger partial charge in [-0.15, -0.1) is 0 Å². The summed E-state index contributed by atoms with van der Waals surface area (Å²) in [6.07, 6.45) is 1.07. The van der Waals surface area contributed by atoms with Crippen LogP contribution in [0.2, 0.25) is 0 Å². The minimum atomic E-state index is -0.734. The highest BCUT2D eigenvalue weighted by Crippen LogP contribution is 2.27. The Morgan fingerprint density at radius 2 is 1.58 bits per heavy atom. The number of amides is 2. The molecule has 7 heteroatoms. The standard InChI is InChI=1S/C24H29N3O4/c1-3-31-24(30)21-20(27(21)2)23(29)26-19(16-18-12-8-5-9-13-18)22(28)25-15-14-17-10-6-4-7-11-17/h4-13,19-21H,3,14-16H2,1-2H3,(H,25,28)(H,26,29)/t19-,20-,21-,27?/m0/s1. The number of carbonyl (C=O) groups excluding carboxylic acids is 3. The molecule has 1 saturated heterocycles. The Labute approximate surface area is 182 Å². The molecule has 1 aliphatic heterocycles. The molecule has 0 aromatic heterocycles. The highest BCUT2D eigenvalue weighted by molar-refractivity contribution is 5.97. The summed E-state index contributed by atoms with van der Waals surface area (Å²) in [5.41, 5.74) is 2.07. The number of rotatable bonds is 10. The third-order valence-corrected chi connectivity index (χ3v) is 5.35. The highest BCUT2D eigenvalue weighted by atomic mass is 16.5. The second-order valence-corrected chi connectivity index (χ2v) is 7.58. The molecule has 1 aliphatic rings. The van der Waals surface area contributed by atoms with Crippen molar-refractivity contribution >= 4 is 17.8 Å². The van der Waals surface area contributed by atoms with E-state index in [1.807, 2.05) is 60.7 Å². The Kier molecular flexibility index (Phi) is 7.78. The van der Waals surface area contributed by atoms with Gasteiger partial charge in [0.25, 0.3) is 0 Å². The van der Waals surface area contributed by atoms with Crippen molar-refractivity contribution in [1.29, 1.82) is 0 Å². The van der Waals surface area contributed by atoms with Crippen molar-refractivity contribution in [2.45, 2.75) is 37.9 Å². The number of likely N-dealkylation sites (N-methyl/N-ethyl adjacent to an activating group) is 1. The van der Waals surface area contributed by atoms with Crippen molar-refractivity contribution in [1.82, 2.24) is 15.5 Å². The molecule has 1 heterocycles. The van der Waals surface area contributed by atoms with E-state index < -0.39 is 24.1 Å². The lowest BCUT2D eigenvalue weighted by molar-refractivity contribution is -0.143. The molecule has 31 heavy (non-hydrogen) atoms. The fourth-order valence-corrected chi connectivity index (χ4v) is 3.60. The molecule has 2 aromatic carbocycles. The molecular weight excluding hydrogens is 394 g/mol. The van der Waals surface area contributed by atoms with Crippen molar-refractivity contribution in [3.63, 3.8) is 0 Å². The molecule has 1 fully saturated rings. The van der Waals surface area contributed by atoms with E-state index in [-0.39, 0.29) is 18.4 Å². The number of hydrogen-bond donors (Lipinski definition) is 2. The minimum absolute atomic E-state index is 0.246. The summed E-state index contributed by atoms with van der Waals surface area (Å²) in [7, 11) is 1.69. The zero-order valence-electron chi connectivity index (χ0n) is 17.9. The van der Waals surface area contributed by atoms with Gasteiger partial charge in [-0.1, -0.05) is 60.7 Å². The van der Waals surface area contributed by atoms with Gasteiger partial charge < -0.3 is 15.4 Å². The molecule has 0 radical (unpaired) electrons. The first-order valence-electron chi connectivity index (χ1n) is 10.6. The second kappa shape index (κ2) is 10.7. The molecule has 3 rings (SSSR count). The molecule has 2 N–H and O–H groups in total. The molecule has 2 amide bonds. The largest absolute Gasteiger partial charge is 0.465 e. The van der Waals surface area contributed by atoms with Gasteiger partial charge in [0.2, 0.25) is 11.8 Å². The maximum absolute atomic E-state index is 12.9. The van der Waals surface area contributed by atoms with Gasteiger partial charge in [-0.2, -0.15) is 0 Å². The van der Waals surface area contributed by atoms with Gasteiger partial charge >= 0.3 is 5.97 Å². The minimum Gasteiger partial charge on any atom is -0.465 e. The van der Waals surface area contributed by atoms with Gasteiger partial charge in [0.15, 0.2) is 0 Å². The SMILES string of the molecule is CCOC(=O)[C@@H]1[C@@H](C(=O)N[C@@H](Cc2ccccc2)C(=O)NCCc2ccccc2)N1C. The van der Waals surface area contributed by atoms with E-state index in [0.717, 1.165) is 11.1 Å². The van der Waals surface area contributed by atoms with E-state index in [2.05, 4.69) is 10.6 Å². The maximum Gasteiger partial charge on any atom is 0.325 e. The van der Waals surface area contributed by atoms with E-state index in [1.54, 1.807) is 18.9 Å². The predicted octanol–water partition coefficient (Wildman–Crippen LogP) is 1.32. The van der Waals surface area contributed by atoms with E-state index in [0.29, 0.717) is 19.4 Å². The maximum atomic E-state index is 12.9. The Bertz CT molecular complexity index is 888. The van der Waals surface area contributed by atoms with Gasteiger partial charge in [0.1, 0.15) is 18.1 Å². The molecule has 4 atom stereocenters. The third-order valence-electron chi connectivity index (χ3n) is 5.35. The van der Waals surface area contributed by atoms with Crippen LogP contribution in [0.15, 0.2) is 60.7 Å². The first kappa shape index (κ1) is 22.5. The average Bonchev–Trinajstić information content (AvgIpc) is 3.46. The van der Waals surface area contributed by atoms with E-state index >= 15 is 0 Å². The topological polar surface area (TPSA) is 87.5 Å². The number of benzene rings is 2. The Hall–Kier alpha value is -3.19. The number of hydrogen-bond acceptors (Lipinski definition) is 5. The summed E-state index contributed by atoms with van der Waals surface area (Å²) in [5.74, 6) is -1.01. The van der Waals surface area contributed by atoms with Crippen molar-refractivity contribution < 1.29 is 19.1 Å². The fourth-order valence-electron chi connectivity index (χ4n) is 3.60. The summed E-state index contributed by atoms with van der Waals surface area (Å²) >= 11 is 0. The summed E-state index contributed by atoms with van der Waals surface area (Å²) in [6.45, 7) is 2.46. The summed E-state index contributed by atoms with van der Waals surface area (Å²) in [4.78, 5) is 39.3. The summed E-state index contributed by atoms with van der Waals surface area (Å²) in [6, 6.07) is 17.5. The molecule has 0 saturated carbocycles. The van der Waals surface area contributed by atoms with Crippen LogP contribution in [0.25, 0.3) is 0 Å². The van der Waals surface area contributed by atoms with Crippen molar-refractivity contribution in [3.05, 3.63) is 71.8 Å². The number of ether oxygens (including phenoxy) is 1. The fraction of sp³-hybridized carbons (Fsp3) is 0.375. The number of nitrogens with one attached hydrogen (secondary N) is 2. The monoisotopic (exact) mass is 423 g/mol. The number of carbonyl (C=O) groups is 3. The first-order chi connectivity index (χ1) is 15.0. The van der Waals surface area contributed by atoms with Crippen LogP contribution in [0.3, 0.4) is 0 Å². The zero-order chi connectivity index (χ0) is 22.2. The molecule has 7 nitrogen and oxygen atoms in total. The van der Waals surface area contributed by atoms with Gasteiger partial charge in [-0.3, -0.25) is 19.3 Å². The Balaban J connectivity index is 1.61. The molecule has 1 unspecified atom stereocenters. The van der Waals surface area contributed by atoms with Crippen molar-refractivity contribution in [3.8, 4) is 0 Å². The number of nitrogens with zero attached hydrogens (tertiary/aromatic N) is 1. The lowest BCUT2D eigenvalue weighted by Crippen LogP contribution is -2.50. The Morgan fingerprint density at radius 3 is 2.19 bits per heavy atom. The van der Waals surface area contributed by atoms with E-state index in [1.165, 1.54) is 0 Å². The first-order valence-corrected chi connectivity index (χ1v) is 10.6. The molecule has 164 valence electrons. The van der Waals surface area contributed by atoms with Crippen LogP contribution < -0.4 is 10.6 Å². The summed E-state index contributed by atoms with van der Waals surface area (Å²) in [5, 5.41) is 5.76. The highest BCUT2D eigenvalue weighted by Gasteiger charge is 2.55. The smallest absolute Gasteiger partial charge is 0.325 e. The molecular formula is C24H29N3O4. The van der Waals surface area contributed by atoms with Crippen LogP contribution in [-0.2, 0) is 32.0 Å². The van der Waals surface area contributed by atoms with Gasteiger partial charge in [0.05, 0.1) is 6.61 Å². The lowest BCUT2D eigenvalue weighted by Gasteiger charge is -2.19. The van der Waals surface area contributed by atoms with Gasteiger partial charge in [-0.25, -0.2) is 0 Å². The Morgan fingerprint density at radius 1 is 0.968 bits per heavy atom. The average molecular weight is 424 g/mol. The quantitative estimate of drug-likeness (QED) is 0.445. The summed E-state index contributed by atoms with van der Waals surface area (Å²) < 4.78 is 5.02. The van der Waals surface area contributed by atoms with Crippen LogP contribution in [0, 0.1) is 0 Å². The van der Waals surface area contributed by atoms with Gasteiger partial charge in [0, 0.05) is 13.0 Å². The molecule has 0 bridgehead atoms. The van der Waals surface area contributed by atoms with Crippen molar-refractivity contribution in [2.75, 3.05) is 20.2 Å². The third kappa shape index (κ3) is 6.15. The van der Waals surface area contributed by atoms with Crippen LogP contribution in [0.1, 0.15) is 18.1 Å². The normalized spacial score (nSPS) is 20.4. The van der Waals surface area contributed by atoms with Crippen LogP contribution in [0.5, 0.6) is 0 Å². The number of esters is 1. The zero-order valence-corrected chi connectivity index (χ0v) is 17.9. The van der Waals surface area contributed by atoms with E-state index in [4.69, 9.17) is 4.74 Å². The van der Waals surface area contributed by atoms with E-state index in [9.17, 15) is 14.4 Å². The second-order valence-electron chi connectivity index (χ2n) is 7.58. The van der Waals surface area contributed by atoms with Crippen molar-refractivity contribution in [2.24, 2.45) is 0 Å². The van der Waals surface area contributed by atoms with Crippen LogP contribution in [-0.4, -0.2) is 61.0 Å². The molecule has 2 aromatic rings. The van der Waals surface area contributed by atoms with Gasteiger partial charge in [-0.05, 0) is 31.5 Å². The van der Waals surface area contributed by atoms with Crippen LogP contribution in [0.4, 0.5) is 0 Å². The predicted molar refractivity (Wildman–Crippen MR) is 117 cm³/mol. The molecule has 0 aliphatic carbocycles. The molecule has 0 spiro atoms.